The summed E-state index contributed by atoms with van der Waals surface area (Å²) in [5, 5.41) is 8.44. The zero-order valence-corrected chi connectivity index (χ0v) is 18.7. The molecule has 1 aliphatic rings. The lowest BCUT2D eigenvalue weighted by Crippen LogP contribution is -2.38. The summed E-state index contributed by atoms with van der Waals surface area (Å²) in [5.41, 5.74) is 3.01. The number of benzene rings is 2. The highest BCUT2D eigenvalue weighted by molar-refractivity contribution is 9.10. The molecule has 1 aliphatic heterocycles. The maximum Gasteiger partial charge on any atom is 0.276 e. The fourth-order valence-corrected chi connectivity index (χ4v) is 4.02. The average molecular weight is 473 g/mol. The highest BCUT2D eigenvalue weighted by Crippen LogP contribution is 2.30. The van der Waals surface area contributed by atoms with Crippen LogP contribution in [0.2, 0.25) is 0 Å². The first-order chi connectivity index (χ1) is 14.6. The van der Waals surface area contributed by atoms with E-state index in [1.807, 2.05) is 48.0 Å². The average Bonchev–Trinajstić information content (AvgIpc) is 3.14. The Morgan fingerprint density at radius 3 is 2.80 bits per heavy atom. The molecule has 158 valence electrons. The second kappa shape index (κ2) is 9.16. The van der Waals surface area contributed by atoms with Gasteiger partial charge in [0.15, 0.2) is 5.69 Å². The van der Waals surface area contributed by atoms with E-state index in [-0.39, 0.29) is 5.91 Å². The number of ether oxygens (including phenoxy) is 2. The summed E-state index contributed by atoms with van der Waals surface area (Å²) in [6, 6.07) is 11.5. The van der Waals surface area contributed by atoms with Crippen molar-refractivity contribution in [2.45, 2.75) is 13.5 Å². The summed E-state index contributed by atoms with van der Waals surface area (Å²) in [5.74, 6) is 0.461. The number of carbonyl (C=O) groups excluding carboxylic acids is 1. The third-order valence-electron chi connectivity index (χ3n) is 5.27. The molecule has 0 saturated carbocycles. The van der Waals surface area contributed by atoms with Crippen molar-refractivity contribution in [2.24, 2.45) is 0 Å². The topological polar surface area (TPSA) is 68.6 Å². The Morgan fingerprint density at radius 2 is 2.03 bits per heavy atom. The van der Waals surface area contributed by atoms with Gasteiger partial charge in [-0.2, -0.15) is 5.10 Å². The van der Waals surface area contributed by atoms with Gasteiger partial charge < -0.3 is 14.8 Å². The number of fused-ring (bicyclic) bond motifs is 1. The van der Waals surface area contributed by atoms with E-state index in [2.05, 4.69) is 31.2 Å². The van der Waals surface area contributed by atoms with Crippen molar-refractivity contribution in [3.63, 3.8) is 0 Å². The van der Waals surface area contributed by atoms with Gasteiger partial charge in [-0.3, -0.25) is 14.4 Å². The van der Waals surface area contributed by atoms with Crippen molar-refractivity contribution in [3.05, 3.63) is 52.1 Å². The molecule has 1 saturated heterocycles. The second-order valence-corrected chi connectivity index (χ2v) is 8.17. The van der Waals surface area contributed by atoms with Crippen LogP contribution in [-0.4, -0.2) is 60.5 Å². The molecule has 0 spiro atoms. The van der Waals surface area contributed by atoms with E-state index in [0.717, 1.165) is 59.5 Å². The first-order valence-electron chi connectivity index (χ1n) is 9.98. The van der Waals surface area contributed by atoms with E-state index in [9.17, 15) is 4.79 Å². The Balaban J connectivity index is 1.65. The van der Waals surface area contributed by atoms with Crippen LogP contribution in [0, 0.1) is 6.92 Å². The maximum absolute atomic E-state index is 13.1. The summed E-state index contributed by atoms with van der Waals surface area (Å²) >= 11 is 3.50. The number of aryl methyl sites for hydroxylation is 1. The van der Waals surface area contributed by atoms with E-state index in [0.29, 0.717) is 18.0 Å². The molecule has 1 fully saturated rings. The van der Waals surface area contributed by atoms with Crippen molar-refractivity contribution in [1.29, 1.82) is 0 Å². The van der Waals surface area contributed by atoms with Gasteiger partial charge in [-0.05, 0) is 46.6 Å². The number of amides is 1. The first kappa shape index (κ1) is 20.8. The van der Waals surface area contributed by atoms with Crippen LogP contribution < -0.4 is 10.1 Å². The van der Waals surface area contributed by atoms with Crippen molar-refractivity contribution < 1.29 is 14.3 Å². The number of anilines is 1. The van der Waals surface area contributed by atoms with Gasteiger partial charge in [-0.15, -0.1) is 0 Å². The van der Waals surface area contributed by atoms with Crippen LogP contribution in [0.5, 0.6) is 5.75 Å². The third-order valence-corrected chi connectivity index (χ3v) is 5.96. The normalized spacial score (nSPS) is 14.8. The highest BCUT2D eigenvalue weighted by atomic mass is 79.9. The third kappa shape index (κ3) is 4.35. The predicted octanol–water partition coefficient (Wildman–Crippen LogP) is 3.70. The Hall–Kier alpha value is -2.42. The molecule has 0 bridgehead atoms. The minimum absolute atomic E-state index is 0.246. The lowest BCUT2D eigenvalue weighted by Gasteiger charge is -2.26. The summed E-state index contributed by atoms with van der Waals surface area (Å²) in [6.45, 7) is 6.81. The molecule has 4 rings (SSSR count). The quantitative estimate of drug-likeness (QED) is 0.592. The number of hydrogen-bond acceptors (Lipinski definition) is 5. The van der Waals surface area contributed by atoms with E-state index in [1.165, 1.54) is 0 Å². The summed E-state index contributed by atoms with van der Waals surface area (Å²) < 4.78 is 13.7. The van der Waals surface area contributed by atoms with Crippen molar-refractivity contribution in [1.82, 2.24) is 14.7 Å². The van der Waals surface area contributed by atoms with Gasteiger partial charge in [0.25, 0.3) is 5.91 Å². The fraction of sp³-hybridized carbons (Fsp3) is 0.364. The zero-order chi connectivity index (χ0) is 21.1. The van der Waals surface area contributed by atoms with E-state index in [1.54, 1.807) is 7.11 Å². The number of rotatable bonds is 6. The number of aromatic nitrogens is 2. The zero-order valence-electron chi connectivity index (χ0n) is 17.2. The standard InChI is InChI=1S/C22H25BrN4O3/c1-15-6-7-17(23)18(14-15)24-22(28)20-16-4-3-5-19(29-2)21(16)27(25-20)9-8-26-10-12-30-13-11-26/h3-7,14H,8-13H2,1-2H3,(H,24,28). The lowest BCUT2D eigenvalue weighted by atomic mass is 10.1. The summed E-state index contributed by atoms with van der Waals surface area (Å²) in [6.07, 6.45) is 0. The molecule has 2 heterocycles. The van der Waals surface area contributed by atoms with Crippen LogP contribution >= 0.6 is 15.9 Å². The Morgan fingerprint density at radius 1 is 1.23 bits per heavy atom. The lowest BCUT2D eigenvalue weighted by molar-refractivity contribution is 0.0361. The summed E-state index contributed by atoms with van der Waals surface area (Å²) in [7, 11) is 1.64. The van der Waals surface area contributed by atoms with E-state index >= 15 is 0 Å². The smallest absolute Gasteiger partial charge is 0.276 e. The van der Waals surface area contributed by atoms with Crippen LogP contribution in [0.25, 0.3) is 10.9 Å². The number of para-hydroxylation sites is 1. The van der Waals surface area contributed by atoms with E-state index in [4.69, 9.17) is 9.47 Å². The number of methoxy groups -OCH3 is 1. The number of nitrogens with one attached hydrogen (secondary N) is 1. The number of hydrogen-bond donors (Lipinski definition) is 1. The molecule has 1 aromatic heterocycles. The predicted molar refractivity (Wildman–Crippen MR) is 120 cm³/mol. The van der Waals surface area contributed by atoms with Gasteiger partial charge in [-0.25, -0.2) is 0 Å². The van der Waals surface area contributed by atoms with Gasteiger partial charge in [0.05, 0.1) is 32.6 Å². The largest absolute Gasteiger partial charge is 0.494 e. The van der Waals surface area contributed by atoms with Gasteiger partial charge >= 0.3 is 0 Å². The van der Waals surface area contributed by atoms with Crippen molar-refractivity contribution in [2.75, 3.05) is 45.3 Å². The van der Waals surface area contributed by atoms with Crippen LogP contribution in [0.3, 0.4) is 0 Å². The molecule has 1 N–H and O–H groups in total. The Kier molecular flexibility index (Phi) is 6.36. The number of nitrogens with zero attached hydrogens (tertiary/aromatic N) is 3. The molecule has 7 nitrogen and oxygen atoms in total. The molecule has 0 atom stereocenters. The molecule has 0 aliphatic carbocycles. The molecule has 8 heteroatoms. The van der Waals surface area contributed by atoms with Gasteiger partial charge in [0.1, 0.15) is 11.3 Å². The summed E-state index contributed by atoms with van der Waals surface area (Å²) in [4.78, 5) is 15.5. The molecule has 2 aromatic carbocycles. The minimum atomic E-state index is -0.246. The van der Waals surface area contributed by atoms with Crippen LogP contribution in [0.4, 0.5) is 5.69 Å². The Labute approximate surface area is 184 Å². The van der Waals surface area contributed by atoms with Gasteiger partial charge in [0, 0.05) is 29.5 Å². The molecule has 0 unspecified atom stereocenters. The molecular weight excluding hydrogens is 448 g/mol. The minimum Gasteiger partial charge on any atom is -0.494 e. The van der Waals surface area contributed by atoms with Crippen LogP contribution in [-0.2, 0) is 11.3 Å². The monoisotopic (exact) mass is 472 g/mol. The van der Waals surface area contributed by atoms with Crippen molar-refractivity contribution in [3.8, 4) is 5.75 Å². The molecule has 3 aromatic rings. The number of morpholine rings is 1. The van der Waals surface area contributed by atoms with Crippen LogP contribution in [0.1, 0.15) is 16.1 Å². The highest BCUT2D eigenvalue weighted by Gasteiger charge is 2.21. The van der Waals surface area contributed by atoms with Crippen LogP contribution in [0.15, 0.2) is 40.9 Å². The number of halogens is 1. The molecular formula is C22H25BrN4O3. The van der Waals surface area contributed by atoms with E-state index < -0.39 is 0 Å². The maximum atomic E-state index is 13.1. The van der Waals surface area contributed by atoms with Gasteiger partial charge in [0.2, 0.25) is 0 Å². The first-order valence-corrected chi connectivity index (χ1v) is 10.8. The SMILES string of the molecule is COc1cccc2c(C(=O)Nc3cc(C)ccc3Br)nn(CCN3CCOCC3)c12. The molecule has 0 radical (unpaired) electrons. The van der Waals surface area contributed by atoms with Crippen molar-refractivity contribution >= 4 is 38.4 Å². The second-order valence-electron chi connectivity index (χ2n) is 7.32. The number of carbonyl (C=O) groups is 1. The molecule has 30 heavy (non-hydrogen) atoms. The fourth-order valence-electron chi connectivity index (χ4n) is 3.68. The molecule has 1 amide bonds. The van der Waals surface area contributed by atoms with Gasteiger partial charge in [-0.1, -0.05) is 18.2 Å². The Bertz CT molecular complexity index is 1060.